The summed E-state index contributed by atoms with van der Waals surface area (Å²) in [6.45, 7) is 0.154. The van der Waals surface area contributed by atoms with Gasteiger partial charge in [-0.15, -0.1) is 0 Å². The van der Waals surface area contributed by atoms with E-state index in [1.807, 2.05) is 0 Å². The molecule has 0 aliphatic carbocycles. The van der Waals surface area contributed by atoms with E-state index in [9.17, 15) is 12.8 Å². The third kappa shape index (κ3) is 2.90. The Kier molecular flexibility index (Phi) is 3.70. The van der Waals surface area contributed by atoms with Gasteiger partial charge in [-0.05, 0) is 29.8 Å². The Balaban J connectivity index is 2.17. The van der Waals surface area contributed by atoms with Crippen LogP contribution in [0.2, 0.25) is 5.02 Å². The van der Waals surface area contributed by atoms with Crippen LogP contribution in [-0.2, 0) is 16.6 Å². The van der Waals surface area contributed by atoms with Crippen molar-refractivity contribution in [3.63, 3.8) is 0 Å². The zero-order valence-electron chi connectivity index (χ0n) is 9.15. The van der Waals surface area contributed by atoms with Crippen LogP contribution in [-0.4, -0.2) is 13.4 Å². The first-order valence-corrected chi connectivity index (χ1v) is 6.91. The van der Waals surface area contributed by atoms with Gasteiger partial charge in [0.15, 0.2) is 0 Å². The molecule has 0 fully saturated rings. The summed E-state index contributed by atoms with van der Waals surface area (Å²) in [6.07, 6.45) is 3.37. The van der Waals surface area contributed by atoms with E-state index >= 15 is 0 Å². The van der Waals surface area contributed by atoms with Crippen molar-refractivity contribution >= 4 is 21.6 Å². The Hall–Kier alpha value is -1.37. The first-order valence-electron chi connectivity index (χ1n) is 5.05. The number of halogens is 2. The average Bonchev–Trinajstić information content (AvgIpc) is 2.83. The van der Waals surface area contributed by atoms with Gasteiger partial charge in [0, 0.05) is 18.9 Å². The number of nitrogens with one attached hydrogen (secondary N) is 2. The summed E-state index contributed by atoms with van der Waals surface area (Å²) in [7, 11) is -3.69. The maximum atomic E-state index is 12.9. The number of aromatic amines is 1. The fraction of sp³-hybridized carbons (Fsp3) is 0.0909. The lowest BCUT2D eigenvalue weighted by molar-refractivity contribution is 0.580. The maximum absolute atomic E-state index is 12.9. The molecule has 1 heterocycles. The zero-order valence-corrected chi connectivity index (χ0v) is 10.7. The van der Waals surface area contributed by atoms with Crippen molar-refractivity contribution in [3.05, 3.63) is 53.1 Å². The molecular weight excluding hydrogens is 279 g/mol. The second kappa shape index (κ2) is 5.09. The summed E-state index contributed by atoms with van der Waals surface area (Å²) < 4.78 is 39.1. The van der Waals surface area contributed by atoms with Crippen molar-refractivity contribution in [1.82, 2.24) is 9.71 Å². The normalized spacial score (nSPS) is 11.7. The molecule has 0 saturated carbocycles. The summed E-state index contributed by atoms with van der Waals surface area (Å²) in [5, 5.41) is -0.223. The molecule has 0 atom stereocenters. The first-order chi connectivity index (χ1) is 8.49. The predicted molar refractivity (Wildman–Crippen MR) is 66.2 cm³/mol. The molecule has 0 bridgehead atoms. The van der Waals surface area contributed by atoms with E-state index in [1.54, 1.807) is 18.5 Å². The smallest absolute Gasteiger partial charge is 0.240 e. The molecule has 18 heavy (non-hydrogen) atoms. The van der Waals surface area contributed by atoms with Crippen LogP contribution >= 0.6 is 11.6 Å². The van der Waals surface area contributed by atoms with Crippen molar-refractivity contribution in [1.29, 1.82) is 0 Å². The molecule has 4 nitrogen and oxygen atoms in total. The monoisotopic (exact) mass is 288 g/mol. The molecule has 1 aromatic carbocycles. The third-order valence-electron chi connectivity index (χ3n) is 2.33. The highest BCUT2D eigenvalue weighted by atomic mass is 35.5. The molecule has 0 aliphatic rings. The molecule has 2 rings (SSSR count). The Morgan fingerprint density at radius 3 is 2.72 bits per heavy atom. The van der Waals surface area contributed by atoms with E-state index in [4.69, 9.17) is 11.6 Å². The van der Waals surface area contributed by atoms with Gasteiger partial charge in [-0.1, -0.05) is 11.6 Å². The van der Waals surface area contributed by atoms with Gasteiger partial charge in [0.05, 0.1) is 9.92 Å². The quantitative estimate of drug-likeness (QED) is 0.907. The number of benzene rings is 1. The van der Waals surface area contributed by atoms with E-state index in [2.05, 4.69) is 9.71 Å². The van der Waals surface area contributed by atoms with Gasteiger partial charge in [0.2, 0.25) is 10.0 Å². The van der Waals surface area contributed by atoms with Crippen molar-refractivity contribution < 1.29 is 12.8 Å². The average molecular weight is 289 g/mol. The number of H-pyrrole nitrogens is 1. The second-order valence-corrected chi connectivity index (χ2v) is 5.79. The van der Waals surface area contributed by atoms with Crippen molar-refractivity contribution in [2.24, 2.45) is 0 Å². The van der Waals surface area contributed by atoms with E-state index in [-0.39, 0.29) is 16.5 Å². The van der Waals surface area contributed by atoms with Crippen molar-refractivity contribution in [2.75, 3.05) is 0 Å². The molecule has 1 aromatic heterocycles. The topological polar surface area (TPSA) is 62.0 Å². The summed E-state index contributed by atoms with van der Waals surface area (Å²) in [5.74, 6) is -0.652. The van der Waals surface area contributed by atoms with Crippen molar-refractivity contribution in [3.8, 4) is 0 Å². The largest absolute Gasteiger partial charge is 0.367 e. The van der Waals surface area contributed by atoms with E-state index in [1.165, 1.54) is 6.07 Å². The van der Waals surface area contributed by atoms with Gasteiger partial charge in [-0.25, -0.2) is 17.5 Å². The van der Waals surface area contributed by atoms with Crippen LogP contribution < -0.4 is 4.72 Å². The number of sulfonamides is 1. The predicted octanol–water partition coefficient (Wildman–Crippen LogP) is 2.29. The van der Waals surface area contributed by atoms with Gasteiger partial charge < -0.3 is 4.98 Å². The Labute approximate surface area is 109 Å². The third-order valence-corrected chi connectivity index (χ3v) is 4.02. The van der Waals surface area contributed by atoms with Gasteiger partial charge >= 0.3 is 0 Å². The molecule has 7 heteroatoms. The van der Waals surface area contributed by atoms with Gasteiger partial charge in [0.1, 0.15) is 5.82 Å². The summed E-state index contributed by atoms with van der Waals surface area (Å²) in [4.78, 5) is 2.75. The summed E-state index contributed by atoms with van der Waals surface area (Å²) in [6, 6.07) is 5.02. The van der Waals surface area contributed by atoms with Crippen LogP contribution in [0.4, 0.5) is 4.39 Å². The lowest BCUT2D eigenvalue weighted by atomic mass is 10.3. The zero-order chi connectivity index (χ0) is 13.2. The SMILES string of the molecule is O=S(=O)(NCc1cc[nH]c1)c1ccc(F)c(Cl)c1. The van der Waals surface area contributed by atoms with Gasteiger partial charge in [-0.3, -0.25) is 0 Å². The minimum Gasteiger partial charge on any atom is -0.367 e. The van der Waals surface area contributed by atoms with E-state index < -0.39 is 15.8 Å². The Bertz CT molecular complexity index is 641. The fourth-order valence-corrected chi connectivity index (χ4v) is 2.66. The number of hydrogen-bond donors (Lipinski definition) is 2. The molecular formula is C11H10ClFN2O2S. The van der Waals surface area contributed by atoms with Crippen LogP contribution in [0.3, 0.4) is 0 Å². The van der Waals surface area contributed by atoms with Crippen LogP contribution in [0.15, 0.2) is 41.6 Å². The number of hydrogen-bond acceptors (Lipinski definition) is 2. The molecule has 0 saturated heterocycles. The molecule has 96 valence electrons. The molecule has 2 aromatic rings. The van der Waals surface area contributed by atoms with Crippen LogP contribution in [0.5, 0.6) is 0 Å². The van der Waals surface area contributed by atoms with Gasteiger partial charge in [-0.2, -0.15) is 0 Å². The molecule has 0 aliphatic heterocycles. The summed E-state index contributed by atoms with van der Waals surface area (Å²) >= 11 is 5.55. The van der Waals surface area contributed by atoms with Crippen LogP contribution in [0, 0.1) is 5.82 Å². The number of aromatic nitrogens is 1. The van der Waals surface area contributed by atoms with E-state index in [0.29, 0.717) is 0 Å². The molecule has 0 unspecified atom stereocenters. The van der Waals surface area contributed by atoms with Crippen LogP contribution in [0.1, 0.15) is 5.56 Å². The lowest BCUT2D eigenvalue weighted by Gasteiger charge is -2.06. The molecule has 0 spiro atoms. The maximum Gasteiger partial charge on any atom is 0.240 e. The first kappa shape index (κ1) is 13.1. The lowest BCUT2D eigenvalue weighted by Crippen LogP contribution is -2.23. The molecule has 0 radical (unpaired) electrons. The second-order valence-electron chi connectivity index (χ2n) is 3.62. The Morgan fingerprint density at radius 2 is 2.11 bits per heavy atom. The highest BCUT2D eigenvalue weighted by molar-refractivity contribution is 7.89. The van der Waals surface area contributed by atoms with Gasteiger partial charge in [0.25, 0.3) is 0 Å². The van der Waals surface area contributed by atoms with Crippen molar-refractivity contribution in [2.45, 2.75) is 11.4 Å². The Morgan fingerprint density at radius 1 is 1.33 bits per heavy atom. The van der Waals surface area contributed by atoms with E-state index in [0.717, 1.165) is 17.7 Å². The minimum atomic E-state index is -3.69. The summed E-state index contributed by atoms with van der Waals surface area (Å²) in [5.41, 5.74) is 0.798. The molecule has 2 N–H and O–H groups in total. The highest BCUT2D eigenvalue weighted by Crippen LogP contribution is 2.19. The highest BCUT2D eigenvalue weighted by Gasteiger charge is 2.15. The standard InChI is InChI=1S/C11H10ClFN2O2S/c12-10-5-9(1-2-11(10)13)18(16,17)15-7-8-3-4-14-6-8/h1-6,14-15H,7H2. The van der Waals surface area contributed by atoms with Crippen LogP contribution in [0.25, 0.3) is 0 Å². The molecule has 0 amide bonds. The fourth-order valence-electron chi connectivity index (χ4n) is 1.37. The minimum absolute atomic E-state index is 0.0653. The number of rotatable bonds is 4.